The first-order chi connectivity index (χ1) is 8.39. The highest BCUT2D eigenvalue weighted by Crippen LogP contribution is 2.23. The van der Waals surface area contributed by atoms with Crippen LogP contribution in [0.25, 0.3) is 0 Å². The number of rotatable bonds is 6. The number of carboxylic acid groups (broad SMARTS) is 1. The minimum Gasteiger partial charge on any atom is -0.478 e. The number of hydrogen-bond donors (Lipinski definition) is 3. The van der Waals surface area contributed by atoms with Gasteiger partial charge in [-0.15, -0.1) is 0 Å². The molecule has 0 spiro atoms. The molecule has 0 aromatic heterocycles. The lowest BCUT2D eigenvalue weighted by Gasteiger charge is -2.26. The number of carbonyl (C=O) groups is 1. The number of nitrogens with one attached hydrogen (secondary N) is 1. The summed E-state index contributed by atoms with van der Waals surface area (Å²) in [6.45, 7) is 3.44. The lowest BCUT2D eigenvalue weighted by Crippen LogP contribution is -2.41. The summed E-state index contributed by atoms with van der Waals surface area (Å²) in [5, 5.41) is 16.5. The Morgan fingerprint density at radius 2 is 2.22 bits per heavy atom. The number of aliphatic carboxylic acids is 1. The van der Waals surface area contributed by atoms with Gasteiger partial charge in [-0.3, -0.25) is 5.41 Å². The van der Waals surface area contributed by atoms with Gasteiger partial charge in [-0.05, 0) is 25.5 Å². The van der Waals surface area contributed by atoms with Crippen molar-refractivity contribution in [3.63, 3.8) is 0 Å². The van der Waals surface area contributed by atoms with Crippen molar-refractivity contribution in [1.82, 2.24) is 0 Å². The van der Waals surface area contributed by atoms with E-state index in [1.54, 1.807) is 31.2 Å². The Morgan fingerprint density at radius 3 is 2.72 bits per heavy atom. The highest BCUT2D eigenvalue weighted by molar-refractivity contribution is 5.95. The molecule has 0 aliphatic carbocycles. The third kappa shape index (κ3) is 3.23. The smallest absolute Gasteiger partial charge is 0.347 e. The fraction of sp³-hybridized carbons (Fsp3) is 0.385. The molecular formula is C13H18N2O3. The Bertz CT molecular complexity index is 459. The zero-order valence-electron chi connectivity index (χ0n) is 10.6. The Hall–Kier alpha value is -2.04. The Morgan fingerprint density at radius 1 is 1.56 bits per heavy atom. The van der Waals surface area contributed by atoms with Crippen molar-refractivity contribution in [1.29, 1.82) is 5.41 Å². The van der Waals surface area contributed by atoms with E-state index in [1.165, 1.54) is 0 Å². The molecule has 1 aromatic rings. The Kier molecular flexibility index (Phi) is 4.31. The number of carboxylic acids is 1. The van der Waals surface area contributed by atoms with E-state index < -0.39 is 11.6 Å². The summed E-state index contributed by atoms with van der Waals surface area (Å²) in [6, 6.07) is 6.58. The second kappa shape index (κ2) is 5.53. The van der Waals surface area contributed by atoms with Crippen LogP contribution in [0, 0.1) is 5.41 Å². The van der Waals surface area contributed by atoms with Gasteiger partial charge in [0.1, 0.15) is 11.6 Å². The number of nitrogen functional groups attached to an aromatic ring is 1. The van der Waals surface area contributed by atoms with Gasteiger partial charge in [-0.1, -0.05) is 25.5 Å². The fourth-order valence-corrected chi connectivity index (χ4v) is 1.67. The van der Waals surface area contributed by atoms with E-state index in [0.29, 0.717) is 24.2 Å². The Labute approximate surface area is 106 Å². The van der Waals surface area contributed by atoms with Crippen LogP contribution in [0.5, 0.6) is 5.75 Å². The maximum atomic E-state index is 11.2. The molecule has 5 heteroatoms. The lowest BCUT2D eigenvalue weighted by molar-refractivity contribution is -0.154. The van der Waals surface area contributed by atoms with Gasteiger partial charge in [-0.25, -0.2) is 4.79 Å². The SMILES string of the molecule is CCCC(C)(Oc1cccc(C(=N)N)c1)C(=O)O. The van der Waals surface area contributed by atoms with Crippen molar-refractivity contribution >= 4 is 11.8 Å². The summed E-state index contributed by atoms with van der Waals surface area (Å²) in [7, 11) is 0. The summed E-state index contributed by atoms with van der Waals surface area (Å²) in [4.78, 5) is 11.2. The number of ether oxygens (including phenoxy) is 1. The topological polar surface area (TPSA) is 96.4 Å². The van der Waals surface area contributed by atoms with E-state index in [2.05, 4.69) is 0 Å². The highest BCUT2D eigenvalue weighted by Gasteiger charge is 2.34. The number of benzene rings is 1. The minimum atomic E-state index is -1.26. The largest absolute Gasteiger partial charge is 0.478 e. The van der Waals surface area contributed by atoms with Gasteiger partial charge < -0.3 is 15.6 Å². The summed E-state index contributed by atoms with van der Waals surface area (Å²) in [6.07, 6.45) is 1.11. The zero-order chi connectivity index (χ0) is 13.8. The molecule has 0 heterocycles. The third-order valence-electron chi connectivity index (χ3n) is 2.67. The second-order valence-corrected chi connectivity index (χ2v) is 4.33. The average Bonchev–Trinajstić information content (AvgIpc) is 2.29. The van der Waals surface area contributed by atoms with Gasteiger partial charge in [-0.2, -0.15) is 0 Å². The summed E-state index contributed by atoms with van der Waals surface area (Å²) in [5.74, 6) is -0.674. The van der Waals surface area contributed by atoms with Crippen LogP contribution in [0.3, 0.4) is 0 Å². The molecule has 4 N–H and O–H groups in total. The van der Waals surface area contributed by atoms with E-state index in [4.69, 9.17) is 15.9 Å². The average molecular weight is 250 g/mol. The van der Waals surface area contributed by atoms with Crippen LogP contribution in [-0.2, 0) is 4.79 Å². The molecule has 0 saturated carbocycles. The van der Waals surface area contributed by atoms with Crippen LogP contribution in [0.4, 0.5) is 0 Å². The third-order valence-corrected chi connectivity index (χ3v) is 2.67. The first kappa shape index (κ1) is 14.0. The summed E-state index contributed by atoms with van der Waals surface area (Å²) < 4.78 is 5.54. The monoisotopic (exact) mass is 250 g/mol. The van der Waals surface area contributed by atoms with Crippen LogP contribution in [0.15, 0.2) is 24.3 Å². The molecule has 1 aromatic carbocycles. The van der Waals surface area contributed by atoms with Gasteiger partial charge in [0.15, 0.2) is 0 Å². The first-order valence-electron chi connectivity index (χ1n) is 5.76. The van der Waals surface area contributed by atoms with E-state index in [-0.39, 0.29) is 5.84 Å². The molecule has 0 aliphatic rings. The Balaban J connectivity index is 2.97. The van der Waals surface area contributed by atoms with Crippen molar-refractivity contribution in [2.45, 2.75) is 32.3 Å². The molecule has 0 amide bonds. The van der Waals surface area contributed by atoms with E-state index >= 15 is 0 Å². The molecular weight excluding hydrogens is 232 g/mol. The van der Waals surface area contributed by atoms with Crippen LogP contribution < -0.4 is 10.5 Å². The summed E-state index contributed by atoms with van der Waals surface area (Å²) in [5.41, 5.74) is 4.63. The normalized spacial score (nSPS) is 13.7. The van der Waals surface area contributed by atoms with Gasteiger partial charge in [0, 0.05) is 5.56 Å². The molecule has 0 bridgehead atoms. The second-order valence-electron chi connectivity index (χ2n) is 4.33. The number of amidine groups is 1. The molecule has 1 rings (SSSR count). The fourth-order valence-electron chi connectivity index (χ4n) is 1.67. The molecule has 0 saturated heterocycles. The van der Waals surface area contributed by atoms with Crippen LogP contribution in [-0.4, -0.2) is 22.5 Å². The first-order valence-corrected chi connectivity index (χ1v) is 5.76. The quantitative estimate of drug-likeness (QED) is 0.531. The van der Waals surface area contributed by atoms with Crippen molar-refractivity contribution in [3.8, 4) is 5.75 Å². The van der Waals surface area contributed by atoms with Gasteiger partial charge in [0.05, 0.1) is 0 Å². The van der Waals surface area contributed by atoms with E-state index in [1.807, 2.05) is 6.92 Å². The zero-order valence-corrected chi connectivity index (χ0v) is 10.6. The number of nitrogens with two attached hydrogens (primary N) is 1. The molecule has 18 heavy (non-hydrogen) atoms. The molecule has 0 aliphatic heterocycles. The van der Waals surface area contributed by atoms with Crippen LogP contribution >= 0.6 is 0 Å². The van der Waals surface area contributed by atoms with Crippen molar-refractivity contribution in [3.05, 3.63) is 29.8 Å². The maximum Gasteiger partial charge on any atom is 0.347 e. The molecule has 1 atom stereocenters. The molecule has 5 nitrogen and oxygen atoms in total. The molecule has 0 radical (unpaired) electrons. The predicted molar refractivity (Wildman–Crippen MR) is 69.0 cm³/mol. The molecule has 0 fully saturated rings. The van der Waals surface area contributed by atoms with Gasteiger partial charge >= 0.3 is 5.97 Å². The van der Waals surface area contributed by atoms with Gasteiger partial charge in [0.25, 0.3) is 0 Å². The highest BCUT2D eigenvalue weighted by atomic mass is 16.5. The van der Waals surface area contributed by atoms with Crippen molar-refractivity contribution < 1.29 is 14.6 Å². The lowest BCUT2D eigenvalue weighted by atomic mass is 10.0. The van der Waals surface area contributed by atoms with Gasteiger partial charge in [0.2, 0.25) is 5.60 Å². The maximum absolute atomic E-state index is 11.2. The number of hydrogen-bond acceptors (Lipinski definition) is 3. The van der Waals surface area contributed by atoms with Crippen molar-refractivity contribution in [2.75, 3.05) is 0 Å². The summed E-state index contributed by atoms with van der Waals surface area (Å²) >= 11 is 0. The minimum absolute atomic E-state index is 0.0760. The van der Waals surface area contributed by atoms with E-state index in [9.17, 15) is 9.90 Å². The van der Waals surface area contributed by atoms with Crippen LogP contribution in [0.1, 0.15) is 32.3 Å². The standard InChI is InChI=1S/C13H18N2O3/c1-3-7-13(2,12(16)17)18-10-6-4-5-9(8-10)11(14)15/h4-6,8H,3,7H2,1-2H3,(H3,14,15)(H,16,17). The molecule has 1 unspecified atom stereocenters. The van der Waals surface area contributed by atoms with Crippen LogP contribution in [0.2, 0.25) is 0 Å². The van der Waals surface area contributed by atoms with E-state index in [0.717, 1.165) is 0 Å². The predicted octanol–water partition coefficient (Wildman–Crippen LogP) is 1.99. The molecule has 98 valence electrons. The van der Waals surface area contributed by atoms with Crippen molar-refractivity contribution in [2.24, 2.45) is 5.73 Å².